The van der Waals surface area contributed by atoms with Crippen LogP contribution in [0.15, 0.2) is 42.6 Å². The van der Waals surface area contributed by atoms with Gasteiger partial charge in [-0.1, -0.05) is 31.2 Å². The topological polar surface area (TPSA) is 42.4 Å². The monoisotopic (exact) mass is 257 g/mol. The highest BCUT2D eigenvalue weighted by atomic mass is 16.5. The molecule has 3 heteroatoms. The van der Waals surface area contributed by atoms with Gasteiger partial charge in [0.2, 0.25) is 0 Å². The highest BCUT2D eigenvalue weighted by Gasteiger charge is 2.15. The SMILES string of the molecule is CCc1cccnc1C(O)Cc1ccccc1OC. The number of hydrogen-bond acceptors (Lipinski definition) is 3. The summed E-state index contributed by atoms with van der Waals surface area (Å²) in [6.45, 7) is 2.07. The van der Waals surface area contributed by atoms with Crippen molar-refractivity contribution in [1.82, 2.24) is 4.98 Å². The van der Waals surface area contributed by atoms with Crippen molar-refractivity contribution in [1.29, 1.82) is 0 Å². The Hall–Kier alpha value is -1.87. The number of benzene rings is 1. The van der Waals surface area contributed by atoms with Crippen LogP contribution >= 0.6 is 0 Å². The molecule has 1 aromatic heterocycles. The van der Waals surface area contributed by atoms with E-state index < -0.39 is 6.10 Å². The molecule has 3 nitrogen and oxygen atoms in total. The van der Waals surface area contributed by atoms with Gasteiger partial charge < -0.3 is 9.84 Å². The van der Waals surface area contributed by atoms with Crippen molar-refractivity contribution >= 4 is 0 Å². The Balaban J connectivity index is 2.23. The smallest absolute Gasteiger partial charge is 0.122 e. The predicted octanol–water partition coefficient (Wildman–Crippen LogP) is 2.93. The van der Waals surface area contributed by atoms with E-state index in [1.165, 1.54) is 0 Å². The molecule has 100 valence electrons. The number of rotatable bonds is 5. The van der Waals surface area contributed by atoms with Crippen LogP contribution in [-0.4, -0.2) is 17.2 Å². The molecule has 0 aliphatic rings. The lowest BCUT2D eigenvalue weighted by Crippen LogP contribution is -2.08. The minimum absolute atomic E-state index is 0.508. The summed E-state index contributed by atoms with van der Waals surface area (Å²) in [6.07, 6.45) is 2.49. The third kappa shape index (κ3) is 3.12. The van der Waals surface area contributed by atoms with Crippen molar-refractivity contribution in [2.45, 2.75) is 25.9 Å². The van der Waals surface area contributed by atoms with Crippen LogP contribution in [0.4, 0.5) is 0 Å². The van der Waals surface area contributed by atoms with Crippen LogP contribution in [0.3, 0.4) is 0 Å². The molecule has 0 saturated carbocycles. The zero-order valence-corrected chi connectivity index (χ0v) is 11.3. The van der Waals surface area contributed by atoms with Gasteiger partial charge in [0, 0.05) is 12.6 Å². The van der Waals surface area contributed by atoms with E-state index in [0.717, 1.165) is 29.0 Å². The Kier molecular flexibility index (Phi) is 4.53. The van der Waals surface area contributed by atoms with Crippen molar-refractivity contribution in [3.05, 3.63) is 59.4 Å². The molecule has 0 fully saturated rings. The number of aliphatic hydroxyl groups is 1. The molecule has 1 N–H and O–H groups in total. The molecular formula is C16H19NO2. The van der Waals surface area contributed by atoms with Crippen LogP contribution in [0, 0.1) is 0 Å². The highest BCUT2D eigenvalue weighted by Crippen LogP contribution is 2.25. The van der Waals surface area contributed by atoms with Gasteiger partial charge in [-0.05, 0) is 29.7 Å². The number of aromatic nitrogens is 1. The minimum atomic E-state index is -0.604. The number of pyridine rings is 1. The molecule has 0 aliphatic carbocycles. The van der Waals surface area contributed by atoms with Gasteiger partial charge in [0.05, 0.1) is 12.8 Å². The minimum Gasteiger partial charge on any atom is -0.496 e. The number of aliphatic hydroxyl groups excluding tert-OH is 1. The summed E-state index contributed by atoms with van der Waals surface area (Å²) in [4.78, 5) is 4.31. The van der Waals surface area contributed by atoms with E-state index >= 15 is 0 Å². The number of para-hydroxylation sites is 1. The van der Waals surface area contributed by atoms with E-state index in [1.807, 2.05) is 36.4 Å². The molecule has 0 bridgehead atoms. The second-order valence-corrected chi connectivity index (χ2v) is 4.43. The Morgan fingerprint density at radius 2 is 1.89 bits per heavy atom. The Morgan fingerprint density at radius 3 is 2.63 bits per heavy atom. The first-order chi connectivity index (χ1) is 9.26. The molecule has 1 atom stereocenters. The van der Waals surface area contributed by atoms with E-state index in [4.69, 9.17) is 4.74 Å². The lowest BCUT2D eigenvalue weighted by Gasteiger charge is -2.15. The summed E-state index contributed by atoms with van der Waals surface area (Å²) in [6, 6.07) is 11.7. The molecule has 0 saturated heterocycles. The van der Waals surface area contributed by atoms with Crippen molar-refractivity contribution in [2.75, 3.05) is 7.11 Å². The maximum absolute atomic E-state index is 10.4. The van der Waals surface area contributed by atoms with Gasteiger partial charge in [-0.15, -0.1) is 0 Å². The maximum Gasteiger partial charge on any atom is 0.122 e. The van der Waals surface area contributed by atoms with Crippen molar-refractivity contribution < 1.29 is 9.84 Å². The van der Waals surface area contributed by atoms with E-state index in [1.54, 1.807) is 13.3 Å². The molecule has 1 aromatic carbocycles. The fraction of sp³-hybridized carbons (Fsp3) is 0.312. The Bertz CT molecular complexity index is 540. The van der Waals surface area contributed by atoms with Crippen molar-refractivity contribution in [3.8, 4) is 5.75 Å². The quantitative estimate of drug-likeness (QED) is 0.895. The molecule has 1 heterocycles. The molecular weight excluding hydrogens is 238 g/mol. The maximum atomic E-state index is 10.4. The highest BCUT2D eigenvalue weighted by molar-refractivity contribution is 5.35. The molecule has 2 aromatic rings. The first kappa shape index (κ1) is 13.6. The standard InChI is InChI=1S/C16H19NO2/c1-3-12-8-6-10-17-16(12)14(18)11-13-7-4-5-9-15(13)19-2/h4-10,14,18H,3,11H2,1-2H3. The third-order valence-corrected chi connectivity index (χ3v) is 3.23. The Morgan fingerprint density at radius 1 is 1.16 bits per heavy atom. The van der Waals surface area contributed by atoms with Gasteiger partial charge in [0.15, 0.2) is 0 Å². The second kappa shape index (κ2) is 6.34. The molecule has 0 spiro atoms. The van der Waals surface area contributed by atoms with Gasteiger partial charge in [-0.25, -0.2) is 0 Å². The fourth-order valence-corrected chi connectivity index (χ4v) is 2.23. The number of methoxy groups -OCH3 is 1. The number of aryl methyl sites for hydroxylation is 1. The van der Waals surface area contributed by atoms with Gasteiger partial charge in [-0.3, -0.25) is 4.98 Å². The number of nitrogens with zero attached hydrogens (tertiary/aromatic N) is 1. The predicted molar refractivity (Wildman–Crippen MR) is 75.3 cm³/mol. The van der Waals surface area contributed by atoms with Crippen LogP contribution in [0.1, 0.15) is 29.8 Å². The van der Waals surface area contributed by atoms with Crippen LogP contribution in [0.2, 0.25) is 0 Å². The van der Waals surface area contributed by atoms with Crippen molar-refractivity contribution in [2.24, 2.45) is 0 Å². The van der Waals surface area contributed by atoms with Crippen molar-refractivity contribution in [3.63, 3.8) is 0 Å². The zero-order chi connectivity index (χ0) is 13.7. The van der Waals surface area contributed by atoms with E-state index in [0.29, 0.717) is 6.42 Å². The first-order valence-electron chi connectivity index (χ1n) is 6.50. The van der Waals surface area contributed by atoms with Gasteiger partial charge in [-0.2, -0.15) is 0 Å². The summed E-state index contributed by atoms with van der Waals surface area (Å²) in [5.74, 6) is 0.801. The van der Waals surface area contributed by atoms with Crippen LogP contribution < -0.4 is 4.74 Å². The number of hydrogen-bond donors (Lipinski definition) is 1. The summed E-state index contributed by atoms with van der Waals surface area (Å²) < 4.78 is 5.31. The first-order valence-corrected chi connectivity index (χ1v) is 6.50. The molecule has 0 aliphatic heterocycles. The van der Waals surface area contributed by atoms with Crippen LogP contribution in [-0.2, 0) is 12.8 Å². The average Bonchev–Trinajstić information content (AvgIpc) is 2.47. The van der Waals surface area contributed by atoms with Gasteiger partial charge in [0.25, 0.3) is 0 Å². The zero-order valence-electron chi connectivity index (χ0n) is 11.3. The van der Waals surface area contributed by atoms with Gasteiger partial charge >= 0.3 is 0 Å². The van der Waals surface area contributed by atoms with E-state index in [-0.39, 0.29) is 0 Å². The molecule has 2 rings (SSSR count). The summed E-state index contributed by atoms with van der Waals surface area (Å²) in [5, 5.41) is 10.4. The summed E-state index contributed by atoms with van der Waals surface area (Å²) in [5.41, 5.74) is 2.84. The fourth-order valence-electron chi connectivity index (χ4n) is 2.23. The number of ether oxygens (including phenoxy) is 1. The van der Waals surface area contributed by atoms with Crippen LogP contribution in [0.5, 0.6) is 5.75 Å². The largest absolute Gasteiger partial charge is 0.496 e. The Labute approximate surface area is 113 Å². The molecule has 0 radical (unpaired) electrons. The van der Waals surface area contributed by atoms with Crippen LogP contribution in [0.25, 0.3) is 0 Å². The lowest BCUT2D eigenvalue weighted by molar-refractivity contribution is 0.171. The molecule has 1 unspecified atom stereocenters. The average molecular weight is 257 g/mol. The summed E-state index contributed by atoms with van der Waals surface area (Å²) in [7, 11) is 1.64. The molecule has 19 heavy (non-hydrogen) atoms. The van der Waals surface area contributed by atoms with E-state index in [2.05, 4.69) is 11.9 Å². The summed E-state index contributed by atoms with van der Waals surface area (Å²) >= 11 is 0. The third-order valence-electron chi connectivity index (χ3n) is 3.23. The molecule has 0 amide bonds. The lowest BCUT2D eigenvalue weighted by atomic mass is 10.00. The second-order valence-electron chi connectivity index (χ2n) is 4.43. The van der Waals surface area contributed by atoms with Gasteiger partial charge in [0.1, 0.15) is 11.9 Å². The van der Waals surface area contributed by atoms with E-state index in [9.17, 15) is 5.11 Å². The normalized spacial score (nSPS) is 12.2.